The molecule has 0 saturated carbocycles. The second-order valence-corrected chi connectivity index (χ2v) is 5.90. The number of amides is 3. The molecule has 0 spiro atoms. The molecule has 140 valence electrons. The number of rotatable bonds is 6. The molecule has 0 radical (unpaired) electrons. The number of nitrogens with one attached hydrogen (secondary N) is 1. The molecule has 2 rings (SSSR count). The normalized spacial score (nSPS) is 14.0. The fraction of sp³-hybridized carbons (Fsp3) is 0.438. The minimum absolute atomic E-state index is 0.0720. The lowest BCUT2D eigenvalue weighted by Crippen LogP contribution is -2.50. The summed E-state index contributed by atoms with van der Waals surface area (Å²) in [5, 5.41) is 10.8. The summed E-state index contributed by atoms with van der Waals surface area (Å²) in [5.41, 5.74) is 2.14. The average Bonchev–Trinajstić information content (AvgIpc) is 2.67. The third kappa shape index (κ3) is 4.99. The number of nitro benzene ring substituents is 1. The van der Waals surface area contributed by atoms with Crippen molar-refractivity contribution in [1.29, 1.82) is 0 Å². The average molecular weight is 363 g/mol. The van der Waals surface area contributed by atoms with Gasteiger partial charge in [0.25, 0.3) is 11.6 Å². The number of carbonyl (C=O) groups is 3. The van der Waals surface area contributed by atoms with Gasteiger partial charge in [0.2, 0.25) is 11.8 Å². The van der Waals surface area contributed by atoms with Crippen LogP contribution in [0.25, 0.3) is 0 Å². The molecule has 1 fully saturated rings. The maximum absolute atomic E-state index is 12.5. The van der Waals surface area contributed by atoms with Gasteiger partial charge < -0.3 is 9.80 Å². The van der Waals surface area contributed by atoms with E-state index < -0.39 is 4.92 Å². The highest BCUT2D eigenvalue weighted by atomic mass is 16.6. The van der Waals surface area contributed by atoms with Crippen LogP contribution in [0.5, 0.6) is 0 Å². The summed E-state index contributed by atoms with van der Waals surface area (Å²) in [6.07, 6.45) is 0.842. The quantitative estimate of drug-likeness (QED) is 0.317. The molecule has 10 nitrogen and oxygen atoms in total. The highest BCUT2D eigenvalue weighted by Crippen LogP contribution is 2.16. The monoisotopic (exact) mass is 363 g/mol. The first-order chi connectivity index (χ1) is 12.4. The Labute approximate surface area is 150 Å². The zero-order valence-corrected chi connectivity index (χ0v) is 14.2. The van der Waals surface area contributed by atoms with Crippen LogP contribution in [-0.4, -0.2) is 58.6 Å². The first kappa shape index (κ1) is 19.3. The number of carbonyl (C=O) groups excluding carboxylic acids is 3. The van der Waals surface area contributed by atoms with Crippen LogP contribution in [0.3, 0.4) is 0 Å². The summed E-state index contributed by atoms with van der Waals surface area (Å²) in [6.45, 7) is 1.50. The predicted octanol–water partition coefficient (Wildman–Crippen LogP) is 0.0394. The molecule has 10 heteroatoms. The van der Waals surface area contributed by atoms with Crippen LogP contribution in [0.15, 0.2) is 24.3 Å². The molecule has 0 bridgehead atoms. The van der Waals surface area contributed by atoms with Crippen molar-refractivity contribution in [1.82, 2.24) is 15.2 Å². The largest absolute Gasteiger partial charge is 0.339 e. The molecule has 0 aromatic heterocycles. The molecule has 3 N–H and O–H groups in total. The van der Waals surface area contributed by atoms with Crippen LogP contribution in [0.1, 0.15) is 29.6 Å². The molecule has 0 aliphatic carbocycles. The molecule has 26 heavy (non-hydrogen) atoms. The summed E-state index contributed by atoms with van der Waals surface area (Å²) in [4.78, 5) is 49.1. The third-order valence-electron chi connectivity index (χ3n) is 4.18. The molecule has 0 atom stereocenters. The Morgan fingerprint density at radius 1 is 1.12 bits per heavy atom. The van der Waals surface area contributed by atoms with Crippen LogP contribution in [0, 0.1) is 10.1 Å². The van der Waals surface area contributed by atoms with E-state index in [0.29, 0.717) is 32.6 Å². The van der Waals surface area contributed by atoms with Crippen molar-refractivity contribution in [2.75, 3.05) is 26.2 Å². The number of nitrogens with two attached hydrogens (primary N) is 1. The van der Waals surface area contributed by atoms with Gasteiger partial charge in [0.15, 0.2) is 0 Å². The summed E-state index contributed by atoms with van der Waals surface area (Å²) < 4.78 is 0. The third-order valence-corrected chi connectivity index (χ3v) is 4.18. The van der Waals surface area contributed by atoms with Crippen LogP contribution in [0.4, 0.5) is 5.69 Å². The van der Waals surface area contributed by atoms with Gasteiger partial charge in [0.05, 0.1) is 4.92 Å². The maximum atomic E-state index is 12.5. The van der Waals surface area contributed by atoms with E-state index in [1.54, 1.807) is 9.80 Å². The van der Waals surface area contributed by atoms with Gasteiger partial charge in [-0.25, -0.2) is 5.84 Å². The second kappa shape index (κ2) is 8.90. The highest BCUT2D eigenvalue weighted by Gasteiger charge is 2.25. The van der Waals surface area contributed by atoms with Crippen LogP contribution in [0.2, 0.25) is 0 Å². The van der Waals surface area contributed by atoms with Crippen molar-refractivity contribution in [2.45, 2.75) is 19.3 Å². The number of benzene rings is 1. The number of nitro groups is 1. The Morgan fingerprint density at radius 3 is 2.38 bits per heavy atom. The molecule has 0 unspecified atom stereocenters. The number of hydrogen-bond acceptors (Lipinski definition) is 6. The minimum atomic E-state index is -0.543. The van der Waals surface area contributed by atoms with E-state index in [4.69, 9.17) is 5.84 Å². The molecule has 1 aromatic rings. The lowest BCUT2D eigenvalue weighted by molar-refractivity contribution is -0.384. The van der Waals surface area contributed by atoms with E-state index in [0.717, 1.165) is 0 Å². The Bertz CT molecular complexity index is 700. The molecular weight excluding hydrogens is 342 g/mol. The van der Waals surface area contributed by atoms with Gasteiger partial charge in [0, 0.05) is 56.7 Å². The molecule has 3 amide bonds. The Balaban J connectivity index is 1.85. The van der Waals surface area contributed by atoms with Crippen LogP contribution >= 0.6 is 0 Å². The van der Waals surface area contributed by atoms with Crippen molar-refractivity contribution < 1.29 is 19.3 Å². The van der Waals surface area contributed by atoms with E-state index in [1.807, 2.05) is 5.43 Å². The molecule has 1 saturated heterocycles. The summed E-state index contributed by atoms with van der Waals surface area (Å²) in [6, 6.07) is 5.60. The zero-order chi connectivity index (χ0) is 19.1. The van der Waals surface area contributed by atoms with Crippen molar-refractivity contribution in [3.05, 3.63) is 39.9 Å². The molecule has 1 aliphatic heterocycles. The van der Waals surface area contributed by atoms with Gasteiger partial charge in [-0.2, -0.15) is 0 Å². The first-order valence-electron chi connectivity index (χ1n) is 8.23. The topological polar surface area (TPSA) is 139 Å². The number of non-ortho nitro benzene ring substituents is 1. The fourth-order valence-electron chi connectivity index (χ4n) is 2.72. The standard InChI is InChI=1S/C16H21N5O5/c17-18-14(22)5-2-6-15(23)19-7-9-20(10-8-19)16(24)12-3-1-4-13(11-12)21(25)26/h1,3-4,11H,2,5-10,17H2,(H,18,22). The van der Waals surface area contributed by atoms with E-state index in [-0.39, 0.29) is 41.8 Å². The van der Waals surface area contributed by atoms with Gasteiger partial charge in [0.1, 0.15) is 0 Å². The molecular formula is C16H21N5O5. The smallest absolute Gasteiger partial charge is 0.270 e. The van der Waals surface area contributed by atoms with Crippen molar-refractivity contribution >= 4 is 23.4 Å². The lowest BCUT2D eigenvalue weighted by Gasteiger charge is -2.34. The summed E-state index contributed by atoms with van der Waals surface area (Å²) in [5.74, 6) is 4.30. The van der Waals surface area contributed by atoms with Crippen molar-refractivity contribution in [3.63, 3.8) is 0 Å². The highest BCUT2D eigenvalue weighted by molar-refractivity contribution is 5.95. The van der Waals surface area contributed by atoms with Crippen LogP contribution < -0.4 is 11.3 Å². The van der Waals surface area contributed by atoms with Crippen molar-refractivity contribution in [2.24, 2.45) is 5.84 Å². The van der Waals surface area contributed by atoms with Gasteiger partial charge in [-0.1, -0.05) is 6.07 Å². The molecule has 1 aliphatic rings. The minimum Gasteiger partial charge on any atom is -0.339 e. The van der Waals surface area contributed by atoms with Gasteiger partial charge in [-0.15, -0.1) is 0 Å². The lowest BCUT2D eigenvalue weighted by atomic mass is 10.1. The van der Waals surface area contributed by atoms with Crippen LogP contribution in [-0.2, 0) is 9.59 Å². The number of nitrogens with zero attached hydrogens (tertiary/aromatic N) is 3. The fourth-order valence-corrected chi connectivity index (χ4v) is 2.72. The van der Waals surface area contributed by atoms with E-state index >= 15 is 0 Å². The summed E-state index contributed by atoms with van der Waals surface area (Å²) in [7, 11) is 0. The zero-order valence-electron chi connectivity index (χ0n) is 14.2. The number of hydrogen-bond donors (Lipinski definition) is 2. The Morgan fingerprint density at radius 2 is 1.77 bits per heavy atom. The maximum Gasteiger partial charge on any atom is 0.270 e. The SMILES string of the molecule is NNC(=O)CCCC(=O)N1CCN(C(=O)c2cccc([N+](=O)[O-])c2)CC1. The molecule has 1 aromatic carbocycles. The molecule has 1 heterocycles. The van der Waals surface area contributed by atoms with Gasteiger partial charge in [-0.05, 0) is 12.5 Å². The van der Waals surface area contributed by atoms with E-state index in [9.17, 15) is 24.5 Å². The second-order valence-electron chi connectivity index (χ2n) is 5.90. The Kier molecular flexibility index (Phi) is 6.61. The van der Waals surface area contributed by atoms with Crippen molar-refractivity contribution in [3.8, 4) is 0 Å². The van der Waals surface area contributed by atoms with E-state index in [2.05, 4.69) is 0 Å². The van der Waals surface area contributed by atoms with E-state index in [1.165, 1.54) is 24.3 Å². The number of hydrazine groups is 1. The Hall–Kier alpha value is -3.01. The number of piperazine rings is 1. The van der Waals surface area contributed by atoms with Gasteiger partial charge >= 0.3 is 0 Å². The first-order valence-corrected chi connectivity index (χ1v) is 8.23. The summed E-state index contributed by atoms with van der Waals surface area (Å²) >= 11 is 0. The predicted molar refractivity (Wildman–Crippen MR) is 91.8 cm³/mol. The van der Waals surface area contributed by atoms with Gasteiger partial charge in [-0.3, -0.25) is 29.9 Å².